The Morgan fingerprint density at radius 3 is 1.95 bits per heavy atom. The second-order valence-electron chi connectivity index (χ2n) is 9.05. The summed E-state index contributed by atoms with van der Waals surface area (Å²) in [5.74, 6) is -14.2. The number of rotatable bonds is 8. The molecule has 2 aromatic carbocycles. The van der Waals surface area contributed by atoms with Crippen molar-refractivity contribution in [3.05, 3.63) is 52.8 Å². The number of hydrogen-bond acceptors (Lipinski definition) is 4. The first kappa shape index (κ1) is 36.0. The van der Waals surface area contributed by atoms with Crippen molar-refractivity contribution in [2.75, 3.05) is 30.9 Å². The minimum absolute atomic E-state index is 0.0881. The van der Waals surface area contributed by atoms with Crippen LogP contribution >= 0.6 is 0 Å². The van der Waals surface area contributed by atoms with Gasteiger partial charge in [0.1, 0.15) is 5.75 Å². The van der Waals surface area contributed by atoms with Crippen molar-refractivity contribution in [1.82, 2.24) is 4.90 Å². The van der Waals surface area contributed by atoms with Gasteiger partial charge in [0, 0.05) is 26.2 Å². The number of nitrogens with zero attached hydrogens (tertiary/aromatic N) is 2. The normalized spacial score (nSPS) is 13.8. The monoisotopic (exact) mass is 655 g/mol. The van der Waals surface area contributed by atoms with Gasteiger partial charge in [-0.1, -0.05) is 6.07 Å². The molecule has 0 saturated heterocycles. The van der Waals surface area contributed by atoms with Crippen LogP contribution in [0.2, 0.25) is 0 Å². The third-order valence-corrected chi connectivity index (χ3v) is 6.22. The molecule has 0 saturated carbocycles. The molecular formula is C25H21F12N3O4. The van der Waals surface area contributed by atoms with E-state index in [0.717, 1.165) is 30.1 Å². The molecule has 1 atom stereocenters. The molecule has 2 aromatic rings. The largest absolute Gasteiger partial charge is 0.457 e. The number of aryl methyl sites for hydroxylation is 1. The van der Waals surface area contributed by atoms with E-state index < -0.39 is 94.0 Å². The molecule has 0 aliphatic rings. The first-order chi connectivity index (χ1) is 19.9. The molecule has 0 aromatic heterocycles. The number of halogens is 12. The predicted octanol–water partition coefficient (Wildman–Crippen LogP) is 6.35. The topological polar surface area (TPSA) is 79.0 Å². The second-order valence-corrected chi connectivity index (χ2v) is 9.05. The van der Waals surface area contributed by atoms with E-state index in [2.05, 4.69) is 4.74 Å². The number of carbonyl (C=O) groups excluding carboxylic acids is 3. The summed E-state index contributed by atoms with van der Waals surface area (Å²) in [6, 6.07) is 1.95. The number of alkyl halides is 11. The first-order valence-corrected chi connectivity index (χ1v) is 11.9. The molecule has 7 nitrogen and oxygen atoms in total. The van der Waals surface area contributed by atoms with Crippen LogP contribution in [-0.2, 0) is 15.3 Å². The zero-order valence-electron chi connectivity index (χ0n) is 22.7. The van der Waals surface area contributed by atoms with E-state index in [9.17, 15) is 62.7 Å². The fourth-order valence-corrected chi connectivity index (χ4v) is 3.72. The number of nitrogens with one attached hydrogen (secondary N) is 1. The smallest absolute Gasteiger partial charge is 0.433 e. The van der Waals surface area contributed by atoms with Crippen molar-refractivity contribution in [3.63, 3.8) is 0 Å². The summed E-state index contributed by atoms with van der Waals surface area (Å²) in [7, 11) is 2.22. The molecule has 19 heteroatoms. The Hall–Kier alpha value is -4.19. The van der Waals surface area contributed by atoms with E-state index in [1.165, 1.54) is 14.0 Å². The maximum Gasteiger partial charge on any atom is 0.457 e. The van der Waals surface area contributed by atoms with Crippen molar-refractivity contribution in [1.29, 1.82) is 0 Å². The molecule has 0 aliphatic carbocycles. The number of hydrogen-bond donors (Lipinski definition) is 1. The molecule has 0 aliphatic heterocycles. The van der Waals surface area contributed by atoms with Crippen molar-refractivity contribution in [3.8, 4) is 5.75 Å². The Morgan fingerprint density at radius 2 is 1.48 bits per heavy atom. The van der Waals surface area contributed by atoms with Crippen molar-refractivity contribution in [2.45, 2.75) is 44.4 Å². The van der Waals surface area contributed by atoms with Crippen LogP contribution in [0.25, 0.3) is 0 Å². The summed E-state index contributed by atoms with van der Waals surface area (Å²) in [5.41, 5.74) is -12.7. The zero-order chi connectivity index (χ0) is 34.2. The number of carbonyl (C=O) groups is 3. The van der Waals surface area contributed by atoms with Gasteiger partial charge < -0.3 is 19.9 Å². The lowest BCUT2D eigenvalue weighted by atomic mass is 9.86. The molecule has 44 heavy (non-hydrogen) atoms. The number of ether oxygens (including phenoxy) is 1. The molecule has 0 fully saturated rings. The van der Waals surface area contributed by atoms with E-state index >= 15 is 4.39 Å². The molecule has 1 N–H and O–H groups in total. The highest BCUT2D eigenvalue weighted by molar-refractivity contribution is 6.40. The summed E-state index contributed by atoms with van der Waals surface area (Å²) < 4.78 is 167. The third kappa shape index (κ3) is 6.50. The highest BCUT2D eigenvalue weighted by Crippen LogP contribution is 2.59. The molecule has 2 rings (SSSR count). The number of anilines is 2. The Kier molecular flexibility index (Phi) is 10.2. The summed E-state index contributed by atoms with van der Waals surface area (Å²) in [5, 5.41) is 1.74. The van der Waals surface area contributed by atoms with Gasteiger partial charge in [-0.2, -0.15) is 43.9 Å². The van der Waals surface area contributed by atoms with Crippen LogP contribution in [0.1, 0.15) is 28.4 Å². The van der Waals surface area contributed by atoms with E-state index in [1.807, 2.05) is 0 Å². The predicted molar refractivity (Wildman–Crippen MR) is 129 cm³/mol. The van der Waals surface area contributed by atoms with Crippen molar-refractivity contribution < 1.29 is 71.8 Å². The number of amides is 3. The SMILES string of the molecule is CCN(C)C(=O)C(=O)N(C)c1cccc(C(=O)Nc2c(C)cc(C(F)(C(F)(F)F)C(F)(F)C(F)(F)F)cc2OC(F)F)c1F. The van der Waals surface area contributed by atoms with Gasteiger partial charge in [0.15, 0.2) is 5.82 Å². The minimum atomic E-state index is -7.14. The quantitative estimate of drug-likeness (QED) is 0.266. The van der Waals surface area contributed by atoms with E-state index in [1.54, 1.807) is 5.32 Å². The van der Waals surface area contributed by atoms with E-state index in [-0.39, 0.29) is 12.6 Å². The Labute approximate surface area is 240 Å². The molecular weight excluding hydrogens is 634 g/mol. The van der Waals surface area contributed by atoms with Gasteiger partial charge in [-0.05, 0) is 43.7 Å². The van der Waals surface area contributed by atoms with Crippen LogP contribution in [0, 0.1) is 12.7 Å². The van der Waals surface area contributed by atoms with Crippen LogP contribution in [0.3, 0.4) is 0 Å². The van der Waals surface area contributed by atoms with Gasteiger partial charge in [0.05, 0.1) is 16.9 Å². The van der Waals surface area contributed by atoms with Gasteiger partial charge in [0.25, 0.3) is 5.91 Å². The average molecular weight is 655 g/mol. The van der Waals surface area contributed by atoms with Crippen LogP contribution in [0.15, 0.2) is 30.3 Å². The fourth-order valence-electron chi connectivity index (χ4n) is 3.72. The summed E-state index contributed by atoms with van der Waals surface area (Å²) in [4.78, 5) is 39.0. The Morgan fingerprint density at radius 1 is 0.909 bits per heavy atom. The highest BCUT2D eigenvalue weighted by Gasteiger charge is 2.81. The maximum atomic E-state index is 15.3. The highest BCUT2D eigenvalue weighted by atomic mass is 19.4. The Bertz CT molecular complexity index is 1430. The average Bonchev–Trinajstić information content (AvgIpc) is 2.90. The van der Waals surface area contributed by atoms with E-state index in [4.69, 9.17) is 0 Å². The third-order valence-electron chi connectivity index (χ3n) is 6.22. The maximum absolute atomic E-state index is 15.3. The van der Waals surface area contributed by atoms with E-state index in [0.29, 0.717) is 11.8 Å². The van der Waals surface area contributed by atoms with Crippen LogP contribution in [-0.4, -0.2) is 68.1 Å². The molecule has 0 spiro atoms. The lowest BCUT2D eigenvalue weighted by Crippen LogP contribution is -2.59. The standard InChI is InChI=1S/C25H21F12N3O4/c1-5-39(3)19(42)20(43)40(4)14-8-6-7-13(16(14)26)18(41)38-17-11(2)9-12(10-15(17)44-21(27)28)22(29,24(32,33)34)23(30,31)25(35,36)37/h6-10,21H,5H2,1-4H3,(H,38,41). The zero-order valence-corrected chi connectivity index (χ0v) is 22.7. The Balaban J connectivity index is 2.67. The van der Waals surface area contributed by atoms with Crippen LogP contribution in [0.4, 0.5) is 64.1 Å². The molecule has 3 amide bonds. The second kappa shape index (κ2) is 12.4. The van der Waals surface area contributed by atoms with Crippen molar-refractivity contribution >= 4 is 29.1 Å². The van der Waals surface area contributed by atoms with Gasteiger partial charge in [-0.3, -0.25) is 14.4 Å². The molecule has 0 radical (unpaired) electrons. The fraction of sp³-hybridized carbons (Fsp3) is 0.400. The van der Waals surface area contributed by atoms with Crippen molar-refractivity contribution in [2.24, 2.45) is 0 Å². The summed E-state index contributed by atoms with van der Waals surface area (Å²) >= 11 is 0. The first-order valence-electron chi connectivity index (χ1n) is 11.9. The van der Waals surface area contributed by atoms with Crippen LogP contribution in [0.5, 0.6) is 5.75 Å². The van der Waals surface area contributed by atoms with Gasteiger partial charge in [-0.25, -0.2) is 8.78 Å². The lowest BCUT2D eigenvalue weighted by molar-refractivity contribution is -0.389. The molecule has 244 valence electrons. The summed E-state index contributed by atoms with van der Waals surface area (Å²) in [6.07, 6.45) is -14.1. The number of likely N-dealkylation sites (N-methyl/N-ethyl adjacent to an activating group) is 2. The summed E-state index contributed by atoms with van der Waals surface area (Å²) in [6.45, 7) is -1.78. The van der Waals surface area contributed by atoms with Gasteiger partial charge >= 0.3 is 42.4 Å². The van der Waals surface area contributed by atoms with Crippen LogP contribution < -0.4 is 15.0 Å². The lowest BCUT2D eigenvalue weighted by Gasteiger charge is -2.36. The molecule has 1 unspecified atom stereocenters. The number of benzene rings is 2. The minimum Gasteiger partial charge on any atom is -0.433 e. The molecule has 0 bridgehead atoms. The molecule has 0 heterocycles. The van der Waals surface area contributed by atoms with Gasteiger partial charge in [0.2, 0.25) is 0 Å². The van der Waals surface area contributed by atoms with Gasteiger partial charge in [-0.15, -0.1) is 0 Å².